The van der Waals surface area contributed by atoms with E-state index in [1.165, 1.54) is 14.2 Å². The molecule has 0 aliphatic heterocycles. The van der Waals surface area contributed by atoms with Crippen LogP contribution in [0.2, 0.25) is 0 Å². The first-order chi connectivity index (χ1) is 11.0. The molecule has 0 unspecified atom stereocenters. The molecule has 120 valence electrons. The van der Waals surface area contributed by atoms with Gasteiger partial charge in [-0.15, -0.1) is 0 Å². The van der Waals surface area contributed by atoms with Gasteiger partial charge in [-0.05, 0) is 23.8 Å². The maximum Gasteiger partial charge on any atom is 0.295 e. The lowest BCUT2D eigenvalue weighted by Crippen LogP contribution is -2.32. The number of hydroxylamine groups is 2. The van der Waals surface area contributed by atoms with Crippen LogP contribution in [-0.4, -0.2) is 30.8 Å². The van der Waals surface area contributed by atoms with Crippen molar-refractivity contribution in [1.82, 2.24) is 5.06 Å². The number of nitrogens with two attached hydrogens (primary N) is 1. The maximum absolute atomic E-state index is 12.0. The van der Waals surface area contributed by atoms with E-state index >= 15 is 0 Å². The molecule has 6 heteroatoms. The summed E-state index contributed by atoms with van der Waals surface area (Å²) in [6, 6.07) is 14.6. The molecule has 0 aromatic heterocycles. The Kier molecular flexibility index (Phi) is 5.32. The van der Waals surface area contributed by atoms with E-state index in [1.807, 2.05) is 30.3 Å². The number of rotatable bonds is 6. The van der Waals surface area contributed by atoms with Crippen LogP contribution in [0.4, 0.5) is 5.69 Å². The highest BCUT2D eigenvalue weighted by Crippen LogP contribution is 2.22. The predicted molar refractivity (Wildman–Crippen MR) is 88.2 cm³/mol. The zero-order valence-corrected chi connectivity index (χ0v) is 13.1. The quantitative estimate of drug-likeness (QED) is 0.486. The molecule has 23 heavy (non-hydrogen) atoms. The van der Waals surface area contributed by atoms with E-state index in [9.17, 15) is 4.79 Å². The second-order valence-electron chi connectivity index (χ2n) is 4.88. The molecule has 0 fully saturated rings. The second kappa shape index (κ2) is 7.42. The lowest BCUT2D eigenvalue weighted by molar-refractivity contribution is -0.160. The van der Waals surface area contributed by atoms with E-state index in [1.54, 1.807) is 18.2 Å². The number of carbonyl (C=O) groups is 1. The number of nitrogens with zero attached hydrogens (tertiary/aromatic N) is 1. The third kappa shape index (κ3) is 4.08. The number of anilines is 1. The van der Waals surface area contributed by atoms with Crippen molar-refractivity contribution in [3.8, 4) is 5.75 Å². The van der Waals surface area contributed by atoms with Crippen LogP contribution in [0.3, 0.4) is 0 Å². The molecule has 0 bridgehead atoms. The molecule has 2 aromatic rings. The molecule has 0 atom stereocenters. The first kappa shape index (κ1) is 16.5. The fraction of sp³-hybridized carbons (Fsp3) is 0.176. The summed E-state index contributed by atoms with van der Waals surface area (Å²) in [6.07, 6.45) is 0. The van der Waals surface area contributed by atoms with Gasteiger partial charge >= 0.3 is 0 Å². The Labute approximate surface area is 134 Å². The predicted octanol–water partition coefficient (Wildman–Crippen LogP) is 2.24. The van der Waals surface area contributed by atoms with Crippen molar-refractivity contribution < 1.29 is 14.4 Å². The van der Waals surface area contributed by atoms with Gasteiger partial charge in [0.1, 0.15) is 18.1 Å². The van der Waals surface area contributed by atoms with Crippen molar-refractivity contribution in [2.45, 2.75) is 6.61 Å². The van der Waals surface area contributed by atoms with E-state index in [2.05, 4.69) is 0 Å². The number of hydrogen-bond acceptors (Lipinski definition) is 5. The average molecular weight is 313 g/mol. The summed E-state index contributed by atoms with van der Waals surface area (Å²) in [6.45, 7) is 0.392. The van der Waals surface area contributed by atoms with Gasteiger partial charge in [-0.2, -0.15) is 0 Å². The SMILES string of the molecule is CON(C)C(=O)C(=N)c1cc(OCc2ccccc2)ccc1N. The minimum absolute atomic E-state index is 0.253. The second-order valence-corrected chi connectivity index (χ2v) is 4.88. The van der Waals surface area contributed by atoms with Crippen LogP contribution in [-0.2, 0) is 16.2 Å². The number of ether oxygens (including phenoxy) is 1. The van der Waals surface area contributed by atoms with Crippen LogP contribution in [0.5, 0.6) is 5.75 Å². The van der Waals surface area contributed by atoms with E-state index in [-0.39, 0.29) is 5.71 Å². The molecule has 0 aliphatic carbocycles. The summed E-state index contributed by atoms with van der Waals surface area (Å²) in [5.41, 5.74) is 7.28. The zero-order valence-electron chi connectivity index (χ0n) is 13.1. The number of nitrogen functional groups attached to an aromatic ring is 1. The Morgan fingerprint density at radius 2 is 1.91 bits per heavy atom. The van der Waals surface area contributed by atoms with Crippen LogP contribution >= 0.6 is 0 Å². The van der Waals surface area contributed by atoms with Crippen LogP contribution in [0, 0.1) is 5.41 Å². The number of carbonyl (C=O) groups excluding carboxylic acids is 1. The Morgan fingerprint density at radius 3 is 2.57 bits per heavy atom. The molecular formula is C17H19N3O3. The van der Waals surface area contributed by atoms with Crippen molar-refractivity contribution in [2.24, 2.45) is 0 Å². The van der Waals surface area contributed by atoms with Gasteiger partial charge < -0.3 is 10.5 Å². The summed E-state index contributed by atoms with van der Waals surface area (Å²) in [4.78, 5) is 16.8. The Balaban J connectivity index is 2.15. The lowest BCUT2D eigenvalue weighted by Gasteiger charge is -2.16. The molecule has 2 aromatic carbocycles. The minimum Gasteiger partial charge on any atom is -0.489 e. The average Bonchev–Trinajstić information content (AvgIpc) is 2.60. The summed E-state index contributed by atoms with van der Waals surface area (Å²) in [5.74, 6) is -0.0462. The third-order valence-electron chi connectivity index (χ3n) is 3.32. The molecule has 0 aliphatic rings. The minimum atomic E-state index is -0.584. The van der Waals surface area contributed by atoms with E-state index < -0.39 is 5.91 Å². The number of likely N-dealkylation sites (N-methyl/N-ethyl adjacent to an activating group) is 1. The lowest BCUT2D eigenvalue weighted by atomic mass is 10.1. The first-order valence-electron chi connectivity index (χ1n) is 7.00. The summed E-state index contributed by atoms with van der Waals surface area (Å²) < 4.78 is 5.70. The third-order valence-corrected chi connectivity index (χ3v) is 3.32. The van der Waals surface area contributed by atoms with Crippen molar-refractivity contribution in [2.75, 3.05) is 19.9 Å². The molecule has 2 rings (SSSR count). The number of benzene rings is 2. The molecule has 6 nitrogen and oxygen atoms in total. The van der Waals surface area contributed by atoms with E-state index in [0.717, 1.165) is 10.6 Å². The monoisotopic (exact) mass is 313 g/mol. The van der Waals surface area contributed by atoms with Gasteiger partial charge in [0.05, 0.1) is 7.11 Å². The normalized spacial score (nSPS) is 10.2. The number of nitrogens with one attached hydrogen (secondary N) is 1. The maximum atomic E-state index is 12.0. The van der Waals surface area contributed by atoms with Gasteiger partial charge in [0.15, 0.2) is 0 Å². The Hall–Kier alpha value is -2.86. The van der Waals surface area contributed by atoms with Crippen LogP contribution in [0.1, 0.15) is 11.1 Å². The van der Waals surface area contributed by atoms with Crippen molar-refractivity contribution in [1.29, 1.82) is 5.41 Å². The Morgan fingerprint density at radius 1 is 1.22 bits per heavy atom. The van der Waals surface area contributed by atoms with Gasteiger partial charge in [0.25, 0.3) is 5.91 Å². The van der Waals surface area contributed by atoms with Crippen molar-refractivity contribution in [3.05, 3.63) is 59.7 Å². The van der Waals surface area contributed by atoms with Crippen molar-refractivity contribution in [3.63, 3.8) is 0 Å². The molecule has 0 saturated carbocycles. The zero-order chi connectivity index (χ0) is 16.8. The molecular weight excluding hydrogens is 294 g/mol. The van der Waals surface area contributed by atoms with Gasteiger partial charge in [-0.3, -0.25) is 15.0 Å². The fourth-order valence-corrected chi connectivity index (χ4v) is 1.94. The van der Waals surface area contributed by atoms with Crippen LogP contribution in [0.15, 0.2) is 48.5 Å². The van der Waals surface area contributed by atoms with Gasteiger partial charge in [-0.1, -0.05) is 30.3 Å². The highest BCUT2D eigenvalue weighted by Gasteiger charge is 2.19. The fourth-order valence-electron chi connectivity index (χ4n) is 1.94. The molecule has 3 N–H and O–H groups in total. The van der Waals surface area contributed by atoms with Crippen LogP contribution in [0.25, 0.3) is 0 Å². The molecule has 0 radical (unpaired) electrons. The van der Waals surface area contributed by atoms with Gasteiger partial charge in [0.2, 0.25) is 0 Å². The standard InChI is InChI=1S/C17H19N3O3/c1-20(22-2)17(21)16(19)14-10-13(8-9-15(14)18)23-11-12-6-4-3-5-7-12/h3-10,19H,11,18H2,1-2H3. The molecule has 0 heterocycles. The van der Waals surface area contributed by atoms with E-state index in [4.69, 9.17) is 20.7 Å². The smallest absolute Gasteiger partial charge is 0.295 e. The largest absolute Gasteiger partial charge is 0.489 e. The molecule has 0 spiro atoms. The highest BCUT2D eigenvalue weighted by atomic mass is 16.7. The highest BCUT2D eigenvalue weighted by molar-refractivity contribution is 6.44. The number of hydrogen-bond donors (Lipinski definition) is 2. The molecule has 1 amide bonds. The summed E-state index contributed by atoms with van der Waals surface area (Å²) in [5, 5.41) is 8.97. The topological polar surface area (TPSA) is 88.6 Å². The number of amides is 1. The first-order valence-corrected chi connectivity index (χ1v) is 7.00. The summed E-state index contributed by atoms with van der Waals surface area (Å²) in [7, 11) is 2.79. The Bertz CT molecular complexity index is 701. The summed E-state index contributed by atoms with van der Waals surface area (Å²) >= 11 is 0. The molecule has 0 saturated heterocycles. The van der Waals surface area contributed by atoms with Crippen LogP contribution < -0.4 is 10.5 Å². The van der Waals surface area contributed by atoms with E-state index in [0.29, 0.717) is 23.6 Å². The van der Waals surface area contributed by atoms with Gasteiger partial charge in [0, 0.05) is 18.3 Å². The van der Waals surface area contributed by atoms with Gasteiger partial charge in [-0.25, -0.2) is 5.06 Å². The van der Waals surface area contributed by atoms with Crippen molar-refractivity contribution >= 4 is 17.3 Å².